The number of benzene rings is 2. The Balaban J connectivity index is 1.65. The molecule has 0 fully saturated rings. The number of hydrogen-bond acceptors (Lipinski definition) is 8. The molecule has 0 amide bonds. The number of ether oxygens (including phenoxy) is 4. The van der Waals surface area contributed by atoms with Crippen molar-refractivity contribution in [2.24, 2.45) is 0 Å². The van der Waals surface area contributed by atoms with Crippen LogP contribution in [0.5, 0.6) is 0 Å². The van der Waals surface area contributed by atoms with Crippen LogP contribution < -0.4 is 5.32 Å². The van der Waals surface area contributed by atoms with Gasteiger partial charge in [0.05, 0.1) is 52.5 Å². The summed E-state index contributed by atoms with van der Waals surface area (Å²) in [5.74, 6) is 1.03. The van der Waals surface area contributed by atoms with Gasteiger partial charge in [-0.15, -0.1) is 0 Å². The van der Waals surface area contributed by atoms with Crippen molar-refractivity contribution < 1.29 is 18.9 Å². The van der Waals surface area contributed by atoms with Crippen LogP contribution in [0, 0.1) is 0 Å². The molecule has 0 saturated carbocycles. The fraction of sp³-hybridized carbons (Fsp3) is 0.321. The highest BCUT2D eigenvalue weighted by Gasteiger charge is 2.21. The fourth-order valence-electron chi connectivity index (χ4n) is 3.88. The molecule has 0 bridgehead atoms. The maximum Gasteiger partial charge on any atom is 0.223 e. The van der Waals surface area contributed by atoms with Gasteiger partial charge in [0.15, 0.2) is 0 Å². The Morgan fingerprint density at radius 3 is 2.50 bits per heavy atom. The van der Waals surface area contributed by atoms with E-state index in [4.69, 9.17) is 52.1 Å². The number of hydrogen-bond donors (Lipinski definition) is 2. The highest BCUT2D eigenvalue weighted by molar-refractivity contribution is 9.10. The Kier molecular flexibility index (Phi) is 11.7. The molecule has 0 unspecified atom stereocenters. The van der Waals surface area contributed by atoms with Crippen LogP contribution in [0.4, 0.5) is 5.95 Å². The molecule has 4 rings (SSSR count). The van der Waals surface area contributed by atoms with Crippen molar-refractivity contribution in [3.05, 3.63) is 68.7 Å². The largest absolute Gasteiger partial charge is 0.385 e. The molecular weight excluding hydrogens is 621 g/mol. The van der Waals surface area contributed by atoms with E-state index in [0.29, 0.717) is 77.4 Å². The average molecular weight is 651 g/mol. The van der Waals surface area contributed by atoms with Gasteiger partial charge >= 0.3 is 0 Å². The van der Waals surface area contributed by atoms with Gasteiger partial charge in [0, 0.05) is 43.6 Å². The summed E-state index contributed by atoms with van der Waals surface area (Å²) in [6.07, 6.45) is 2.54. The predicted octanol–water partition coefficient (Wildman–Crippen LogP) is 6.86. The van der Waals surface area contributed by atoms with Crippen LogP contribution in [-0.2, 0) is 25.6 Å². The van der Waals surface area contributed by atoms with Crippen molar-refractivity contribution in [1.29, 1.82) is 0 Å². The SMILES string of the molecule is COCCCNc1nccc(-c2[nH]c(-c3c(Cl)cc(COCOCCOC)cc3Cl)nc2-c2cccc(Br)c2)n1. The van der Waals surface area contributed by atoms with E-state index >= 15 is 0 Å². The Morgan fingerprint density at radius 1 is 0.950 bits per heavy atom. The molecule has 0 spiro atoms. The van der Waals surface area contributed by atoms with Crippen LogP contribution in [0.3, 0.4) is 0 Å². The van der Waals surface area contributed by atoms with E-state index in [1.165, 1.54) is 0 Å². The normalized spacial score (nSPS) is 11.2. The number of H-pyrrole nitrogens is 1. The lowest BCUT2D eigenvalue weighted by molar-refractivity contribution is -0.0724. The summed E-state index contributed by atoms with van der Waals surface area (Å²) < 4.78 is 21.9. The molecule has 0 aliphatic heterocycles. The minimum absolute atomic E-state index is 0.139. The first-order valence-corrected chi connectivity index (χ1v) is 14.1. The Labute approximate surface area is 251 Å². The van der Waals surface area contributed by atoms with Crippen LogP contribution in [0.15, 0.2) is 53.1 Å². The standard InChI is InChI=1S/C28H30BrCl2N5O4/c1-37-10-4-8-32-28-33-9-7-23(34-28)26-25(19-5-3-6-20(29)15-19)35-27(36-26)24-21(30)13-18(14-22(24)31)16-40-17-39-12-11-38-2/h3,5-7,9,13-15H,4,8,10-12,16-17H2,1-2H3,(H,35,36)(H,32,33,34). The predicted molar refractivity (Wildman–Crippen MR) is 161 cm³/mol. The van der Waals surface area contributed by atoms with E-state index < -0.39 is 0 Å². The summed E-state index contributed by atoms with van der Waals surface area (Å²) in [5, 5.41) is 4.12. The molecule has 12 heteroatoms. The Morgan fingerprint density at radius 2 is 1.75 bits per heavy atom. The number of methoxy groups -OCH3 is 2. The third kappa shape index (κ3) is 8.23. The number of nitrogens with zero attached hydrogens (tertiary/aromatic N) is 3. The molecule has 2 heterocycles. The van der Waals surface area contributed by atoms with Crippen LogP contribution in [-0.4, -0.2) is 67.3 Å². The molecule has 0 aliphatic carbocycles. The molecule has 2 N–H and O–H groups in total. The van der Waals surface area contributed by atoms with Crippen LogP contribution >= 0.6 is 39.1 Å². The van der Waals surface area contributed by atoms with Gasteiger partial charge in [-0.2, -0.15) is 0 Å². The van der Waals surface area contributed by atoms with Gasteiger partial charge in [-0.3, -0.25) is 0 Å². The number of aromatic nitrogens is 4. The van der Waals surface area contributed by atoms with E-state index in [9.17, 15) is 0 Å². The molecular formula is C28H30BrCl2N5O4. The average Bonchev–Trinajstić information content (AvgIpc) is 3.38. The number of aromatic amines is 1. The number of rotatable bonds is 15. The lowest BCUT2D eigenvalue weighted by Gasteiger charge is -2.09. The van der Waals surface area contributed by atoms with E-state index in [-0.39, 0.29) is 6.79 Å². The van der Waals surface area contributed by atoms with Crippen molar-refractivity contribution in [2.75, 3.05) is 52.7 Å². The number of halogens is 3. The van der Waals surface area contributed by atoms with E-state index in [1.54, 1.807) is 20.4 Å². The molecule has 0 atom stereocenters. The first-order valence-electron chi connectivity index (χ1n) is 12.5. The van der Waals surface area contributed by atoms with Crippen molar-refractivity contribution in [2.45, 2.75) is 13.0 Å². The first-order chi connectivity index (χ1) is 19.5. The molecule has 40 heavy (non-hydrogen) atoms. The van der Waals surface area contributed by atoms with E-state index in [2.05, 4.69) is 31.2 Å². The summed E-state index contributed by atoms with van der Waals surface area (Å²) in [7, 11) is 3.30. The molecule has 9 nitrogen and oxygen atoms in total. The second-order valence-corrected chi connectivity index (χ2v) is 10.4. The van der Waals surface area contributed by atoms with Crippen molar-refractivity contribution in [1.82, 2.24) is 19.9 Å². The molecule has 0 radical (unpaired) electrons. The van der Waals surface area contributed by atoms with Gasteiger partial charge in [0.1, 0.15) is 12.6 Å². The third-order valence-electron chi connectivity index (χ3n) is 5.73. The van der Waals surface area contributed by atoms with Crippen LogP contribution in [0.2, 0.25) is 10.0 Å². The maximum absolute atomic E-state index is 6.74. The second-order valence-electron chi connectivity index (χ2n) is 8.66. The topological polar surface area (TPSA) is 103 Å². The lowest BCUT2D eigenvalue weighted by Crippen LogP contribution is -2.07. The number of anilines is 1. The summed E-state index contributed by atoms with van der Waals surface area (Å²) >= 11 is 17.0. The molecule has 212 valence electrons. The minimum Gasteiger partial charge on any atom is -0.385 e. The molecule has 2 aromatic carbocycles. The zero-order chi connectivity index (χ0) is 28.3. The molecule has 2 aromatic heterocycles. The Bertz CT molecular complexity index is 1380. The Hall–Kier alpha value is -2.57. The van der Waals surface area contributed by atoms with Gasteiger partial charge in [0.2, 0.25) is 5.95 Å². The van der Waals surface area contributed by atoms with Gasteiger partial charge < -0.3 is 29.2 Å². The summed E-state index contributed by atoms with van der Waals surface area (Å²) in [6, 6.07) is 13.3. The number of nitrogens with one attached hydrogen (secondary N) is 2. The monoisotopic (exact) mass is 649 g/mol. The van der Waals surface area contributed by atoms with Crippen LogP contribution in [0.1, 0.15) is 12.0 Å². The summed E-state index contributed by atoms with van der Waals surface area (Å²) in [5.41, 5.74) is 4.37. The number of imidazole rings is 1. The third-order valence-corrected chi connectivity index (χ3v) is 6.82. The molecule has 0 aliphatic rings. The molecule has 0 saturated heterocycles. The van der Waals surface area contributed by atoms with Crippen molar-refractivity contribution in [3.8, 4) is 34.0 Å². The highest BCUT2D eigenvalue weighted by atomic mass is 79.9. The first kappa shape index (κ1) is 30.4. The van der Waals surface area contributed by atoms with Gasteiger partial charge in [-0.25, -0.2) is 15.0 Å². The van der Waals surface area contributed by atoms with Gasteiger partial charge in [0.25, 0.3) is 0 Å². The minimum atomic E-state index is 0.139. The van der Waals surface area contributed by atoms with Gasteiger partial charge in [-0.1, -0.05) is 51.3 Å². The smallest absolute Gasteiger partial charge is 0.223 e. The lowest BCUT2D eigenvalue weighted by atomic mass is 10.1. The zero-order valence-corrected chi connectivity index (χ0v) is 25.3. The highest BCUT2D eigenvalue weighted by Crippen LogP contribution is 2.39. The van der Waals surface area contributed by atoms with Gasteiger partial charge in [-0.05, 0) is 42.3 Å². The van der Waals surface area contributed by atoms with E-state index in [1.807, 2.05) is 42.5 Å². The summed E-state index contributed by atoms with van der Waals surface area (Å²) in [6.45, 7) is 2.73. The fourth-order valence-corrected chi connectivity index (χ4v) is 4.99. The quantitative estimate of drug-likeness (QED) is 0.106. The molecule has 4 aromatic rings. The second kappa shape index (κ2) is 15.4. The summed E-state index contributed by atoms with van der Waals surface area (Å²) in [4.78, 5) is 17.4. The zero-order valence-electron chi connectivity index (χ0n) is 22.2. The maximum atomic E-state index is 6.74. The van der Waals surface area contributed by atoms with Crippen LogP contribution in [0.25, 0.3) is 34.0 Å². The van der Waals surface area contributed by atoms with Crippen molar-refractivity contribution >= 4 is 45.1 Å². The van der Waals surface area contributed by atoms with E-state index in [0.717, 1.165) is 22.0 Å². The van der Waals surface area contributed by atoms with Crippen molar-refractivity contribution in [3.63, 3.8) is 0 Å².